The number of benzene rings is 1. The van der Waals surface area contributed by atoms with E-state index in [0.717, 1.165) is 34.8 Å². The van der Waals surface area contributed by atoms with Crippen LogP contribution in [0.1, 0.15) is 35.5 Å². The molecule has 3 rings (SSSR count). The smallest absolute Gasteiger partial charge is 0.144 e. The summed E-state index contributed by atoms with van der Waals surface area (Å²) < 4.78 is 0.964. The minimum atomic E-state index is 0.348. The van der Waals surface area contributed by atoms with Crippen molar-refractivity contribution in [3.63, 3.8) is 0 Å². The first-order chi connectivity index (χ1) is 9.20. The summed E-state index contributed by atoms with van der Waals surface area (Å²) in [4.78, 5) is 9.31. The van der Waals surface area contributed by atoms with Gasteiger partial charge in [-0.3, -0.25) is 0 Å². The van der Waals surface area contributed by atoms with Gasteiger partial charge in [0.25, 0.3) is 0 Å². The Morgan fingerprint density at radius 3 is 2.84 bits per heavy atom. The van der Waals surface area contributed by atoms with Gasteiger partial charge in [0.05, 0.1) is 10.2 Å². The van der Waals surface area contributed by atoms with Gasteiger partial charge in [-0.25, -0.2) is 9.97 Å². The summed E-state index contributed by atoms with van der Waals surface area (Å²) in [5.41, 5.74) is 3.78. The second kappa shape index (κ2) is 4.93. The van der Waals surface area contributed by atoms with E-state index in [-0.39, 0.29) is 0 Å². The molecule has 0 amide bonds. The van der Waals surface area contributed by atoms with Crippen LogP contribution >= 0.6 is 15.9 Å². The maximum Gasteiger partial charge on any atom is 0.144 e. The number of fused-ring (bicyclic) bond motifs is 1. The van der Waals surface area contributed by atoms with Gasteiger partial charge in [0.1, 0.15) is 11.6 Å². The molecule has 19 heavy (non-hydrogen) atoms. The van der Waals surface area contributed by atoms with Crippen molar-refractivity contribution in [3.05, 3.63) is 51.4 Å². The van der Waals surface area contributed by atoms with Gasteiger partial charge in [-0.1, -0.05) is 24.3 Å². The molecule has 1 aliphatic carbocycles. The van der Waals surface area contributed by atoms with Crippen LogP contribution in [0.4, 0.5) is 5.82 Å². The molecule has 1 aromatic carbocycles. The fraction of sp³-hybridized carbons (Fsp3) is 0.333. The van der Waals surface area contributed by atoms with Crippen LogP contribution in [-0.4, -0.2) is 16.5 Å². The molecule has 0 spiro atoms. The summed E-state index contributed by atoms with van der Waals surface area (Å²) in [6.45, 7) is 4.94. The fourth-order valence-corrected chi connectivity index (χ4v) is 2.83. The van der Waals surface area contributed by atoms with Crippen LogP contribution in [0.5, 0.6) is 0 Å². The van der Waals surface area contributed by atoms with E-state index in [1.165, 1.54) is 11.1 Å². The molecule has 1 aliphatic rings. The van der Waals surface area contributed by atoms with Crippen LogP contribution in [0.3, 0.4) is 0 Å². The standard InChI is InChI=1S/C15H16BrN3/c1-3-17-15-13(16)9(2)18-14(19-15)12-8-10-6-4-5-7-11(10)12/h4-7,12H,3,8H2,1-2H3,(H,17,18,19). The van der Waals surface area contributed by atoms with Gasteiger partial charge in [-0.2, -0.15) is 0 Å². The number of hydrogen-bond donors (Lipinski definition) is 1. The third kappa shape index (κ3) is 2.14. The Kier molecular flexibility index (Phi) is 3.27. The summed E-state index contributed by atoms with van der Waals surface area (Å²) in [7, 11) is 0. The number of aromatic nitrogens is 2. The van der Waals surface area contributed by atoms with Gasteiger partial charge < -0.3 is 5.32 Å². The van der Waals surface area contributed by atoms with Crippen molar-refractivity contribution in [1.29, 1.82) is 0 Å². The van der Waals surface area contributed by atoms with Crippen LogP contribution in [0.25, 0.3) is 0 Å². The number of nitrogens with zero attached hydrogens (tertiary/aromatic N) is 2. The molecule has 1 atom stereocenters. The number of hydrogen-bond acceptors (Lipinski definition) is 3. The van der Waals surface area contributed by atoms with Crippen molar-refractivity contribution in [3.8, 4) is 0 Å². The zero-order chi connectivity index (χ0) is 13.4. The molecule has 0 fully saturated rings. The van der Waals surface area contributed by atoms with E-state index in [1.807, 2.05) is 6.92 Å². The Hall–Kier alpha value is -1.42. The quantitative estimate of drug-likeness (QED) is 0.938. The zero-order valence-corrected chi connectivity index (χ0v) is 12.7. The second-order valence-corrected chi connectivity index (χ2v) is 5.61. The molecular weight excluding hydrogens is 302 g/mol. The summed E-state index contributed by atoms with van der Waals surface area (Å²) in [6.07, 6.45) is 1.04. The second-order valence-electron chi connectivity index (χ2n) is 4.82. The summed E-state index contributed by atoms with van der Waals surface area (Å²) in [5, 5.41) is 3.29. The molecule has 0 bridgehead atoms. The Labute approximate surface area is 121 Å². The highest BCUT2D eigenvalue weighted by Crippen LogP contribution is 2.39. The predicted octanol–water partition coefficient (Wildman–Crippen LogP) is 3.67. The minimum Gasteiger partial charge on any atom is -0.369 e. The first-order valence-corrected chi connectivity index (χ1v) is 7.35. The highest BCUT2D eigenvalue weighted by Gasteiger charge is 2.30. The van der Waals surface area contributed by atoms with Crippen molar-refractivity contribution >= 4 is 21.7 Å². The Bertz CT molecular complexity index is 625. The maximum atomic E-state index is 4.67. The monoisotopic (exact) mass is 317 g/mol. The van der Waals surface area contributed by atoms with Crippen molar-refractivity contribution in [2.24, 2.45) is 0 Å². The number of anilines is 1. The molecule has 98 valence electrons. The first kappa shape index (κ1) is 12.6. The Morgan fingerprint density at radius 1 is 1.32 bits per heavy atom. The van der Waals surface area contributed by atoms with Gasteiger partial charge in [0.2, 0.25) is 0 Å². The summed E-state index contributed by atoms with van der Waals surface area (Å²) in [5.74, 6) is 2.17. The zero-order valence-electron chi connectivity index (χ0n) is 11.1. The van der Waals surface area contributed by atoms with Crippen molar-refractivity contribution in [2.75, 3.05) is 11.9 Å². The summed E-state index contributed by atoms with van der Waals surface area (Å²) in [6, 6.07) is 8.54. The predicted molar refractivity (Wildman–Crippen MR) is 80.6 cm³/mol. The topological polar surface area (TPSA) is 37.8 Å². The highest BCUT2D eigenvalue weighted by atomic mass is 79.9. The van der Waals surface area contributed by atoms with Crippen molar-refractivity contribution < 1.29 is 0 Å². The molecular formula is C15H16BrN3. The largest absolute Gasteiger partial charge is 0.369 e. The van der Waals surface area contributed by atoms with Gasteiger partial charge >= 0.3 is 0 Å². The molecule has 4 heteroatoms. The molecule has 1 unspecified atom stereocenters. The summed E-state index contributed by atoms with van der Waals surface area (Å²) >= 11 is 3.55. The van der Waals surface area contributed by atoms with Crippen LogP contribution in [-0.2, 0) is 6.42 Å². The molecule has 0 saturated carbocycles. The molecule has 1 aromatic heterocycles. The van der Waals surface area contributed by atoms with Gasteiger partial charge in [-0.05, 0) is 47.3 Å². The maximum absolute atomic E-state index is 4.67. The lowest BCUT2D eigenvalue weighted by atomic mass is 9.77. The van der Waals surface area contributed by atoms with E-state index in [9.17, 15) is 0 Å². The van der Waals surface area contributed by atoms with E-state index in [4.69, 9.17) is 0 Å². The first-order valence-electron chi connectivity index (χ1n) is 6.56. The number of rotatable bonds is 3. The van der Waals surface area contributed by atoms with Gasteiger partial charge in [-0.15, -0.1) is 0 Å². The third-order valence-electron chi connectivity index (χ3n) is 3.54. The highest BCUT2D eigenvalue weighted by molar-refractivity contribution is 9.10. The molecule has 1 N–H and O–H groups in total. The number of aryl methyl sites for hydroxylation is 1. The average Bonchev–Trinajstić information content (AvgIpc) is 2.37. The lowest BCUT2D eigenvalue weighted by Gasteiger charge is -2.29. The van der Waals surface area contributed by atoms with Crippen LogP contribution < -0.4 is 5.32 Å². The van der Waals surface area contributed by atoms with E-state index < -0.39 is 0 Å². The molecule has 0 aliphatic heterocycles. The van der Waals surface area contributed by atoms with E-state index in [0.29, 0.717) is 5.92 Å². The normalized spacial score (nSPS) is 16.7. The van der Waals surface area contributed by atoms with E-state index in [2.05, 4.69) is 62.4 Å². The van der Waals surface area contributed by atoms with Crippen molar-refractivity contribution in [1.82, 2.24) is 9.97 Å². The lowest BCUT2D eigenvalue weighted by Crippen LogP contribution is -2.21. The average molecular weight is 318 g/mol. The van der Waals surface area contributed by atoms with E-state index in [1.54, 1.807) is 0 Å². The molecule has 3 nitrogen and oxygen atoms in total. The van der Waals surface area contributed by atoms with Crippen LogP contribution in [0.2, 0.25) is 0 Å². The van der Waals surface area contributed by atoms with Crippen LogP contribution in [0.15, 0.2) is 28.7 Å². The lowest BCUT2D eigenvalue weighted by molar-refractivity contribution is 0.656. The number of halogens is 1. The van der Waals surface area contributed by atoms with Crippen LogP contribution in [0, 0.1) is 6.92 Å². The van der Waals surface area contributed by atoms with E-state index >= 15 is 0 Å². The van der Waals surface area contributed by atoms with Gasteiger partial charge in [0, 0.05) is 12.5 Å². The fourth-order valence-electron chi connectivity index (χ4n) is 2.51. The molecule has 1 heterocycles. The Morgan fingerprint density at radius 2 is 2.11 bits per heavy atom. The third-order valence-corrected chi connectivity index (χ3v) is 4.49. The Balaban J connectivity index is 1.99. The minimum absolute atomic E-state index is 0.348. The van der Waals surface area contributed by atoms with Crippen molar-refractivity contribution in [2.45, 2.75) is 26.2 Å². The van der Waals surface area contributed by atoms with Gasteiger partial charge in [0.15, 0.2) is 0 Å². The number of nitrogens with one attached hydrogen (secondary N) is 1. The molecule has 2 aromatic rings. The molecule has 0 saturated heterocycles. The molecule has 0 radical (unpaired) electrons. The SMILES string of the molecule is CCNc1nc(C2Cc3ccccc32)nc(C)c1Br.